The van der Waals surface area contributed by atoms with Crippen molar-refractivity contribution in [2.75, 3.05) is 0 Å². The molecule has 4 aliphatic rings. The molecule has 0 amide bonds. The molecule has 4 rings (SSSR count). The van der Waals surface area contributed by atoms with Gasteiger partial charge in [-0.2, -0.15) is 0 Å². The molecule has 2 saturated heterocycles. The molecule has 0 aromatic heterocycles. The van der Waals surface area contributed by atoms with Crippen molar-refractivity contribution in [2.45, 2.75) is 80.1 Å². The summed E-state index contributed by atoms with van der Waals surface area (Å²) < 4.78 is 11.2. The molecule has 8 heteroatoms. The van der Waals surface area contributed by atoms with Gasteiger partial charge in [-0.1, -0.05) is 95.6 Å². The minimum absolute atomic E-state index is 0.119. The monoisotopic (exact) mass is 732 g/mol. The Hall–Kier alpha value is 2.80. The van der Waals surface area contributed by atoms with Gasteiger partial charge in [0, 0.05) is 5.41 Å². The molecule has 6 atom stereocenters. The van der Waals surface area contributed by atoms with Crippen LogP contribution < -0.4 is 0 Å². The zero-order chi connectivity index (χ0) is 18.5. The third kappa shape index (κ3) is 3.29. The molecule has 6 unspecified atom stereocenters. The molecule has 0 radical (unpaired) electrons. The molecule has 0 aromatic carbocycles. The molecule has 144 valence electrons. The highest BCUT2D eigenvalue weighted by Crippen LogP contribution is 2.74. The second kappa shape index (κ2) is 6.40. The summed E-state index contributed by atoms with van der Waals surface area (Å²) in [6, 6.07) is 0. The number of epoxide rings is 2. The number of alkyl halides is 6. The average molecular weight is 738 g/mol. The van der Waals surface area contributed by atoms with Gasteiger partial charge in [-0.25, -0.2) is 0 Å². The lowest BCUT2D eigenvalue weighted by Gasteiger charge is -2.57. The zero-order valence-electron chi connectivity index (χ0n) is 14.1. The molecule has 0 aromatic rings. The van der Waals surface area contributed by atoms with Crippen molar-refractivity contribution in [1.82, 2.24) is 0 Å². The van der Waals surface area contributed by atoms with Crippen LogP contribution in [0.4, 0.5) is 0 Å². The van der Waals surface area contributed by atoms with E-state index in [1.54, 1.807) is 0 Å². The van der Waals surface area contributed by atoms with E-state index in [1.807, 2.05) is 0 Å². The summed E-state index contributed by atoms with van der Waals surface area (Å²) in [5, 5.41) is 0. The summed E-state index contributed by atoms with van der Waals surface area (Å²) in [5.74, 6) is 0.967. The summed E-state index contributed by atoms with van der Waals surface area (Å²) in [4.78, 5) is 0. The number of rotatable bonds is 2. The first-order valence-corrected chi connectivity index (χ1v) is 13.6. The zero-order valence-corrected chi connectivity index (χ0v) is 23.7. The Morgan fingerprint density at radius 2 is 1.08 bits per heavy atom. The van der Waals surface area contributed by atoms with Gasteiger partial charge in [0.15, 0.2) is 0 Å². The fourth-order valence-electron chi connectivity index (χ4n) is 5.54. The Morgan fingerprint density at radius 1 is 0.720 bits per heavy atom. The van der Waals surface area contributed by atoms with Gasteiger partial charge in [-0.15, -0.1) is 0 Å². The van der Waals surface area contributed by atoms with E-state index < -0.39 is 4.29 Å². The van der Waals surface area contributed by atoms with Crippen LogP contribution in [-0.2, 0) is 9.47 Å². The Bertz CT molecular complexity index is 522. The normalized spacial score (nSPS) is 47.0. The van der Waals surface area contributed by atoms with Crippen molar-refractivity contribution in [2.24, 2.45) is 17.3 Å². The van der Waals surface area contributed by atoms with Crippen molar-refractivity contribution in [3.05, 3.63) is 0 Å². The Labute approximate surface area is 200 Å². The number of ether oxygens (including phenoxy) is 2. The lowest BCUT2D eigenvalue weighted by Crippen LogP contribution is -2.58. The van der Waals surface area contributed by atoms with Crippen molar-refractivity contribution >= 4 is 95.6 Å². The van der Waals surface area contributed by atoms with Crippen LogP contribution >= 0.6 is 95.6 Å². The second-order valence-electron chi connectivity index (χ2n) is 8.65. The predicted octanol–water partition coefficient (Wildman–Crippen LogP) is 7.57. The molecule has 2 heterocycles. The number of halogens is 6. The van der Waals surface area contributed by atoms with E-state index in [9.17, 15) is 0 Å². The minimum Gasteiger partial charge on any atom is -0.366 e. The fourth-order valence-corrected chi connectivity index (χ4v) is 13.6. The summed E-state index contributed by atoms with van der Waals surface area (Å²) in [6.07, 6.45) is 7.52. The van der Waals surface area contributed by atoms with Gasteiger partial charge in [0.05, 0.1) is 23.4 Å². The Morgan fingerprint density at radius 3 is 1.36 bits per heavy atom. The first kappa shape index (κ1) is 21.0. The molecule has 25 heavy (non-hydrogen) atoms. The lowest BCUT2D eigenvalue weighted by atomic mass is 9.59. The van der Waals surface area contributed by atoms with Crippen molar-refractivity contribution < 1.29 is 9.47 Å². The van der Waals surface area contributed by atoms with Gasteiger partial charge in [0.25, 0.3) is 0 Å². The molecular formula is C17H22Br6O2. The Kier molecular flexibility index (Phi) is 5.39. The van der Waals surface area contributed by atoms with Crippen LogP contribution in [0, 0.1) is 17.3 Å². The van der Waals surface area contributed by atoms with Crippen LogP contribution in [-0.4, -0.2) is 27.7 Å². The first-order chi connectivity index (χ1) is 11.3. The summed E-state index contributed by atoms with van der Waals surface area (Å²) in [5.41, 5.74) is 0.0723. The second-order valence-corrected chi connectivity index (χ2v) is 22.2. The molecule has 4 fully saturated rings. The average Bonchev–Trinajstić information content (AvgIpc) is 3.29. The van der Waals surface area contributed by atoms with Crippen LogP contribution in [0.1, 0.15) is 52.4 Å². The van der Waals surface area contributed by atoms with E-state index in [0.29, 0.717) is 24.0 Å². The topological polar surface area (TPSA) is 25.1 Å². The van der Waals surface area contributed by atoms with E-state index >= 15 is 0 Å². The quantitative estimate of drug-likeness (QED) is 0.216. The van der Waals surface area contributed by atoms with Crippen LogP contribution in [0.25, 0.3) is 0 Å². The first-order valence-electron chi connectivity index (χ1n) is 8.82. The van der Waals surface area contributed by atoms with Crippen LogP contribution in [0.3, 0.4) is 0 Å². The van der Waals surface area contributed by atoms with E-state index in [2.05, 4.69) is 109 Å². The molecular weight excluding hydrogens is 716 g/mol. The van der Waals surface area contributed by atoms with Gasteiger partial charge < -0.3 is 9.47 Å². The molecule has 2 saturated carbocycles. The Balaban J connectivity index is 1.72. The van der Waals surface area contributed by atoms with Gasteiger partial charge in [0.1, 0.15) is 4.29 Å². The summed E-state index contributed by atoms with van der Waals surface area (Å²) in [6.45, 7) is 4.51. The van der Waals surface area contributed by atoms with Crippen LogP contribution in [0.5, 0.6) is 0 Å². The van der Waals surface area contributed by atoms with E-state index in [0.717, 1.165) is 38.5 Å². The molecule has 0 N–H and O–H groups in total. The summed E-state index contributed by atoms with van der Waals surface area (Å²) in [7, 11) is 0. The van der Waals surface area contributed by atoms with E-state index in [-0.39, 0.29) is 16.6 Å². The lowest BCUT2D eigenvalue weighted by molar-refractivity contribution is 0.0507. The molecule has 0 bridgehead atoms. The van der Waals surface area contributed by atoms with Gasteiger partial charge in [-0.05, 0) is 64.2 Å². The van der Waals surface area contributed by atoms with Crippen molar-refractivity contribution in [3.63, 3.8) is 0 Å². The largest absolute Gasteiger partial charge is 0.366 e. The van der Waals surface area contributed by atoms with Crippen LogP contribution in [0.2, 0.25) is 0 Å². The third-order valence-electron chi connectivity index (χ3n) is 7.27. The maximum atomic E-state index is 6.03. The van der Waals surface area contributed by atoms with Crippen molar-refractivity contribution in [1.29, 1.82) is 0 Å². The molecule has 2 aliphatic heterocycles. The van der Waals surface area contributed by atoms with Crippen LogP contribution in [0.15, 0.2) is 0 Å². The minimum atomic E-state index is -0.420. The SMILES string of the molecule is CC12CCC(C(C3CCC4(C)OC4C3)(C(Br)(Br)Br)C(Br)(Br)Br)CC1O2. The molecule has 2 aliphatic carbocycles. The molecule has 2 nitrogen and oxygen atoms in total. The van der Waals surface area contributed by atoms with Gasteiger partial charge in [-0.3, -0.25) is 0 Å². The smallest absolute Gasteiger partial charge is 0.144 e. The molecule has 0 spiro atoms. The third-order valence-corrected chi connectivity index (χ3v) is 11.2. The van der Waals surface area contributed by atoms with Crippen molar-refractivity contribution in [3.8, 4) is 0 Å². The predicted molar refractivity (Wildman–Crippen MR) is 123 cm³/mol. The van der Waals surface area contributed by atoms with E-state index in [4.69, 9.17) is 9.47 Å². The van der Waals surface area contributed by atoms with Gasteiger partial charge in [0.2, 0.25) is 0 Å². The highest BCUT2D eigenvalue weighted by Gasteiger charge is 2.71. The highest BCUT2D eigenvalue weighted by molar-refractivity contribution is 9.40. The number of hydrogen-bond donors (Lipinski definition) is 0. The fraction of sp³-hybridized carbons (Fsp3) is 1.00. The van der Waals surface area contributed by atoms with Gasteiger partial charge >= 0.3 is 0 Å². The van der Waals surface area contributed by atoms with E-state index in [1.165, 1.54) is 0 Å². The standard InChI is InChI=1S/C17H22Br6O2/c1-13-5-3-9(7-11(13)24-13)15(16(18,19)20,17(21,22)23)10-4-6-14(2)12(8-10)25-14/h9-12H,3-8H2,1-2H3. The number of hydrogen-bond acceptors (Lipinski definition) is 2. The highest BCUT2D eigenvalue weighted by atomic mass is 80.0. The maximum Gasteiger partial charge on any atom is 0.144 e. The maximum absolute atomic E-state index is 6.03. The summed E-state index contributed by atoms with van der Waals surface area (Å²) >= 11 is 23.8. The number of fused-ring (bicyclic) bond motifs is 2.